The first-order chi connectivity index (χ1) is 31.0. The van der Waals surface area contributed by atoms with Gasteiger partial charge < -0.3 is 14.2 Å². The summed E-state index contributed by atoms with van der Waals surface area (Å²) in [5.41, 5.74) is 0. The Balaban J connectivity index is 4.18. The Morgan fingerprint density at radius 2 is 0.619 bits per heavy atom. The number of ether oxygens (including phenoxy) is 3. The van der Waals surface area contributed by atoms with Crippen LogP contribution in [0.5, 0.6) is 0 Å². The Labute approximate surface area is 387 Å². The summed E-state index contributed by atoms with van der Waals surface area (Å²) in [6.07, 6.45) is 67.1. The number of carbonyl (C=O) groups excluding carboxylic acids is 3. The van der Waals surface area contributed by atoms with E-state index in [4.69, 9.17) is 14.2 Å². The van der Waals surface area contributed by atoms with E-state index in [1.54, 1.807) is 0 Å². The van der Waals surface area contributed by atoms with Crippen LogP contribution in [0.1, 0.15) is 226 Å². The molecule has 0 saturated carbocycles. The van der Waals surface area contributed by atoms with Gasteiger partial charge in [-0.3, -0.25) is 14.4 Å². The summed E-state index contributed by atoms with van der Waals surface area (Å²) in [4.78, 5) is 37.6. The fourth-order valence-electron chi connectivity index (χ4n) is 6.75. The number of rotatable bonds is 45. The van der Waals surface area contributed by atoms with Gasteiger partial charge in [-0.05, 0) is 83.5 Å². The van der Waals surface area contributed by atoms with Gasteiger partial charge in [0, 0.05) is 19.3 Å². The van der Waals surface area contributed by atoms with Crippen LogP contribution in [0.3, 0.4) is 0 Å². The van der Waals surface area contributed by atoms with Crippen LogP contribution in [0.2, 0.25) is 0 Å². The first-order valence-electron chi connectivity index (χ1n) is 25.7. The highest BCUT2D eigenvalue weighted by molar-refractivity contribution is 5.71. The van der Waals surface area contributed by atoms with Gasteiger partial charge in [0.1, 0.15) is 13.2 Å². The van der Waals surface area contributed by atoms with Gasteiger partial charge >= 0.3 is 17.9 Å². The highest BCUT2D eigenvalue weighted by atomic mass is 16.6. The zero-order valence-electron chi connectivity index (χ0n) is 40.8. The van der Waals surface area contributed by atoms with Crippen molar-refractivity contribution in [2.75, 3.05) is 13.2 Å². The summed E-state index contributed by atoms with van der Waals surface area (Å²) in [6.45, 7) is 6.42. The van der Waals surface area contributed by atoms with Crippen LogP contribution < -0.4 is 0 Å². The number of esters is 3. The summed E-state index contributed by atoms with van der Waals surface area (Å²) in [5, 5.41) is 0. The van der Waals surface area contributed by atoms with Crippen LogP contribution in [0.15, 0.2) is 97.2 Å². The van der Waals surface area contributed by atoms with E-state index in [2.05, 4.69) is 118 Å². The standard InChI is InChI=1S/C57H94O6/c1-4-7-10-13-16-19-20-21-22-23-24-25-26-27-28-29-30-31-32-33-34-35-36-37-38-39-42-44-47-50-56(59)62-53-54(63-57(60)51-48-45-41-18-15-12-9-6-3)52-61-55(58)49-46-43-40-17-14-11-8-5-2/h7,10,16,19,21-22,24-25,27-28,30-31,33-34,36-37,54H,4-6,8-9,11-15,17-18,20,23,26,29,32,35,38-53H2,1-3H3/b10-7-,19-16-,22-21-,25-24-,28-27-,31-30-,34-33-,37-36-. The second-order valence-electron chi connectivity index (χ2n) is 16.7. The van der Waals surface area contributed by atoms with E-state index >= 15 is 0 Å². The minimum Gasteiger partial charge on any atom is -0.462 e. The molecule has 6 nitrogen and oxygen atoms in total. The Kier molecular flexibility index (Phi) is 48.0. The minimum atomic E-state index is -0.781. The van der Waals surface area contributed by atoms with Crippen molar-refractivity contribution in [1.29, 1.82) is 0 Å². The molecule has 0 aromatic heterocycles. The SMILES string of the molecule is CC/C=C\C/C=C\C/C=C\C/C=C\C/C=C\C/C=C\C/C=C\C/C=C\CCCCCCC(=O)OCC(COC(=O)CCCCCCCCCC)OC(=O)CCCCCCCCCC. The summed E-state index contributed by atoms with van der Waals surface area (Å²) in [6, 6.07) is 0. The number of unbranched alkanes of at least 4 members (excludes halogenated alkanes) is 18. The molecular weight excluding hydrogens is 781 g/mol. The maximum Gasteiger partial charge on any atom is 0.306 e. The molecule has 0 aliphatic carbocycles. The highest BCUT2D eigenvalue weighted by Crippen LogP contribution is 2.13. The van der Waals surface area contributed by atoms with E-state index in [0.29, 0.717) is 19.3 Å². The van der Waals surface area contributed by atoms with E-state index in [0.717, 1.165) is 122 Å². The largest absolute Gasteiger partial charge is 0.462 e. The molecule has 63 heavy (non-hydrogen) atoms. The second-order valence-corrected chi connectivity index (χ2v) is 16.7. The molecule has 0 aromatic carbocycles. The molecule has 0 heterocycles. The Hall–Kier alpha value is -3.67. The average Bonchev–Trinajstić information content (AvgIpc) is 3.28. The normalized spacial score (nSPS) is 12.9. The van der Waals surface area contributed by atoms with Gasteiger partial charge in [-0.2, -0.15) is 0 Å². The molecule has 0 aliphatic heterocycles. The molecule has 0 saturated heterocycles. The molecule has 0 aliphatic rings. The van der Waals surface area contributed by atoms with Gasteiger partial charge in [0.05, 0.1) is 0 Å². The summed E-state index contributed by atoms with van der Waals surface area (Å²) < 4.78 is 16.6. The molecular formula is C57H94O6. The first kappa shape index (κ1) is 59.3. The summed E-state index contributed by atoms with van der Waals surface area (Å²) in [7, 11) is 0. The topological polar surface area (TPSA) is 78.9 Å². The zero-order chi connectivity index (χ0) is 45.8. The Morgan fingerprint density at radius 1 is 0.333 bits per heavy atom. The monoisotopic (exact) mass is 875 g/mol. The van der Waals surface area contributed by atoms with Crippen molar-refractivity contribution < 1.29 is 28.6 Å². The van der Waals surface area contributed by atoms with Crippen molar-refractivity contribution in [3.05, 3.63) is 97.2 Å². The quantitative estimate of drug-likeness (QED) is 0.0262. The van der Waals surface area contributed by atoms with Crippen LogP contribution >= 0.6 is 0 Å². The lowest BCUT2D eigenvalue weighted by Gasteiger charge is -2.18. The molecule has 1 atom stereocenters. The maximum absolute atomic E-state index is 12.6. The molecule has 0 aromatic rings. The zero-order valence-corrected chi connectivity index (χ0v) is 40.8. The van der Waals surface area contributed by atoms with Crippen LogP contribution in [-0.2, 0) is 28.6 Å². The van der Waals surface area contributed by atoms with E-state index in [9.17, 15) is 14.4 Å². The van der Waals surface area contributed by atoms with E-state index in [-0.39, 0.29) is 31.1 Å². The van der Waals surface area contributed by atoms with Crippen LogP contribution in [0.25, 0.3) is 0 Å². The van der Waals surface area contributed by atoms with Crippen molar-refractivity contribution in [3.63, 3.8) is 0 Å². The molecule has 0 radical (unpaired) electrons. The molecule has 0 fully saturated rings. The van der Waals surface area contributed by atoms with Gasteiger partial charge in [0.15, 0.2) is 6.10 Å². The van der Waals surface area contributed by atoms with E-state index < -0.39 is 6.10 Å². The lowest BCUT2D eigenvalue weighted by molar-refractivity contribution is -0.167. The molecule has 0 spiro atoms. The molecule has 0 rings (SSSR count). The number of hydrogen-bond acceptors (Lipinski definition) is 6. The fraction of sp³-hybridized carbons (Fsp3) is 0.667. The van der Waals surface area contributed by atoms with Crippen molar-refractivity contribution >= 4 is 17.9 Å². The third kappa shape index (κ3) is 49.2. The van der Waals surface area contributed by atoms with Gasteiger partial charge in [0.25, 0.3) is 0 Å². The fourth-order valence-corrected chi connectivity index (χ4v) is 6.75. The van der Waals surface area contributed by atoms with E-state index in [1.807, 2.05) is 0 Å². The lowest BCUT2D eigenvalue weighted by atomic mass is 10.1. The van der Waals surface area contributed by atoms with Crippen molar-refractivity contribution in [3.8, 4) is 0 Å². The number of carbonyl (C=O) groups is 3. The van der Waals surface area contributed by atoms with Crippen molar-refractivity contribution in [2.45, 2.75) is 232 Å². The minimum absolute atomic E-state index is 0.0842. The third-order valence-corrected chi connectivity index (χ3v) is 10.6. The van der Waals surface area contributed by atoms with Gasteiger partial charge in [0.2, 0.25) is 0 Å². The van der Waals surface area contributed by atoms with Gasteiger partial charge in [-0.1, -0.05) is 221 Å². The number of hydrogen-bond donors (Lipinski definition) is 0. The van der Waals surface area contributed by atoms with Gasteiger partial charge in [-0.15, -0.1) is 0 Å². The van der Waals surface area contributed by atoms with Crippen LogP contribution in [0.4, 0.5) is 0 Å². The van der Waals surface area contributed by atoms with Crippen molar-refractivity contribution in [2.24, 2.45) is 0 Å². The molecule has 6 heteroatoms. The Morgan fingerprint density at radius 3 is 0.968 bits per heavy atom. The highest BCUT2D eigenvalue weighted by Gasteiger charge is 2.19. The average molecular weight is 875 g/mol. The lowest BCUT2D eigenvalue weighted by Crippen LogP contribution is -2.30. The maximum atomic E-state index is 12.6. The third-order valence-electron chi connectivity index (χ3n) is 10.6. The summed E-state index contributed by atoms with van der Waals surface area (Å²) in [5.74, 6) is -0.924. The van der Waals surface area contributed by atoms with Crippen LogP contribution in [0, 0.1) is 0 Å². The Bertz CT molecular complexity index is 1280. The smallest absolute Gasteiger partial charge is 0.306 e. The summed E-state index contributed by atoms with van der Waals surface area (Å²) >= 11 is 0. The first-order valence-corrected chi connectivity index (χ1v) is 25.7. The van der Waals surface area contributed by atoms with Gasteiger partial charge in [-0.25, -0.2) is 0 Å². The molecule has 1 unspecified atom stereocenters. The molecule has 0 amide bonds. The van der Waals surface area contributed by atoms with Crippen LogP contribution in [-0.4, -0.2) is 37.2 Å². The van der Waals surface area contributed by atoms with Crippen molar-refractivity contribution in [1.82, 2.24) is 0 Å². The molecule has 0 N–H and O–H groups in total. The predicted molar refractivity (Wildman–Crippen MR) is 270 cm³/mol. The molecule has 358 valence electrons. The second kappa shape index (κ2) is 51.0. The molecule has 0 bridgehead atoms. The number of allylic oxidation sites excluding steroid dienone is 16. The predicted octanol–water partition coefficient (Wildman–Crippen LogP) is 17.0. The van der Waals surface area contributed by atoms with E-state index in [1.165, 1.54) is 64.2 Å².